The second kappa shape index (κ2) is 5.81. The molecule has 8 heteroatoms. The molecule has 0 aliphatic rings. The van der Waals surface area contributed by atoms with Gasteiger partial charge in [0, 0.05) is 29.0 Å². The molecule has 1 heterocycles. The molecular formula is C15H11BrN4O3. The monoisotopic (exact) mass is 374 g/mol. The van der Waals surface area contributed by atoms with E-state index >= 15 is 0 Å². The van der Waals surface area contributed by atoms with Crippen LogP contribution in [0.5, 0.6) is 5.88 Å². The normalized spacial score (nSPS) is 11.4. The lowest BCUT2D eigenvalue weighted by Crippen LogP contribution is -1.85. The predicted octanol–water partition coefficient (Wildman–Crippen LogP) is 4.97. The number of nitrogens with zero attached hydrogens (tertiary/aromatic N) is 4. The Morgan fingerprint density at radius 3 is 2.52 bits per heavy atom. The number of fused-ring (bicyclic) bond motifs is 1. The van der Waals surface area contributed by atoms with Gasteiger partial charge in [-0.3, -0.25) is 10.1 Å². The summed E-state index contributed by atoms with van der Waals surface area (Å²) >= 11 is 3.39. The van der Waals surface area contributed by atoms with E-state index in [9.17, 15) is 15.2 Å². The highest BCUT2D eigenvalue weighted by Gasteiger charge is 2.14. The first-order valence-electron chi connectivity index (χ1n) is 6.60. The molecule has 1 aromatic heterocycles. The van der Waals surface area contributed by atoms with E-state index in [1.807, 2.05) is 18.2 Å². The van der Waals surface area contributed by atoms with Gasteiger partial charge >= 0.3 is 0 Å². The molecule has 7 nitrogen and oxygen atoms in total. The van der Waals surface area contributed by atoms with Gasteiger partial charge in [-0.2, -0.15) is 5.11 Å². The zero-order chi connectivity index (χ0) is 16.6. The van der Waals surface area contributed by atoms with Crippen molar-refractivity contribution in [2.24, 2.45) is 17.3 Å². The van der Waals surface area contributed by atoms with Gasteiger partial charge in [-0.25, -0.2) is 0 Å². The Morgan fingerprint density at radius 2 is 1.87 bits per heavy atom. The van der Waals surface area contributed by atoms with Crippen LogP contribution >= 0.6 is 15.9 Å². The molecule has 1 N–H and O–H groups in total. The first-order valence-corrected chi connectivity index (χ1v) is 7.40. The molecule has 2 aromatic carbocycles. The SMILES string of the molecule is Cn1c(O)c(N=Nc2ccc([N+](=O)[O-])cc2)c2cc(Br)ccc21. The molecule has 0 saturated carbocycles. The number of hydrogen-bond acceptors (Lipinski definition) is 5. The molecule has 3 rings (SSSR count). The number of azo groups is 1. The van der Waals surface area contributed by atoms with E-state index in [0.717, 1.165) is 15.4 Å². The number of rotatable bonds is 3. The number of aromatic hydroxyl groups is 1. The summed E-state index contributed by atoms with van der Waals surface area (Å²) in [6.45, 7) is 0. The Hall–Kier alpha value is -2.74. The molecule has 0 saturated heterocycles. The molecule has 0 spiro atoms. The fraction of sp³-hybridized carbons (Fsp3) is 0.0667. The highest BCUT2D eigenvalue weighted by molar-refractivity contribution is 9.10. The molecule has 3 aromatic rings. The van der Waals surface area contributed by atoms with Crippen molar-refractivity contribution in [1.82, 2.24) is 4.57 Å². The van der Waals surface area contributed by atoms with Gasteiger partial charge in [0.2, 0.25) is 5.88 Å². The topological polar surface area (TPSA) is 93.0 Å². The summed E-state index contributed by atoms with van der Waals surface area (Å²) in [5.41, 5.74) is 1.62. The van der Waals surface area contributed by atoms with Crippen LogP contribution in [0.2, 0.25) is 0 Å². The average Bonchev–Trinajstić information content (AvgIpc) is 2.77. The molecule has 0 aliphatic heterocycles. The third-order valence-corrected chi connectivity index (χ3v) is 3.92. The third kappa shape index (κ3) is 2.80. The van der Waals surface area contributed by atoms with Crippen molar-refractivity contribution in [3.63, 3.8) is 0 Å². The van der Waals surface area contributed by atoms with Gasteiger partial charge in [-0.05, 0) is 30.3 Å². The second-order valence-electron chi connectivity index (χ2n) is 4.87. The number of halogens is 1. The van der Waals surface area contributed by atoms with Gasteiger partial charge in [-0.1, -0.05) is 15.9 Å². The molecule has 116 valence electrons. The Bertz CT molecular complexity index is 932. The van der Waals surface area contributed by atoms with Crippen molar-refractivity contribution >= 4 is 43.9 Å². The van der Waals surface area contributed by atoms with Gasteiger partial charge in [0.15, 0.2) is 5.69 Å². The number of non-ortho nitro benzene ring substituents is 1. The molecule has 0 aliphatic carbocycles. The molecule has 0 atom stereocenters. The van der Waals surface area contributed by atoms with Crippen LogP contribution in [0.4, 0.5) is 17.1 Å². The summed E-state index contributed by atoms with van der Waals surface area (Å²) in [7, 11) is 1.73. The van der Waals surface area contributed by atoms with E-state index in [-0.39, 0.29) is 11.6 Å². The standard InChI is InChI=1S/C15H11BrN4O3/c1-19-13-7-2-9(16)8-12(13)14(15(19)21)18-17-10-3-5-11(6-4-10)20(22)23/h2-8,21H,1H3. The third-order valence-electron chi connectivity index (χ3n) is 3.43. The largest absolute Gasteiger partial charge is 0.493 e. The molecule has 23 heavy (non-hydrogen) atoms. The zero-order valence-corrected chi connectivity index (χ0v) is 13.6. The van der Waals surface area contributed by atoms with Crippen LogP contribution in [0.3, 0.4) is 0 Å². The Morgan fingerprint density at radius 1 is 1.17 bits per heavy atom. The van der Waals surface area contributed by atoms with E-state index < -0.39 is 4.92 Å². The predicted molar refractivity (Wildman–Crippen MR) is 89.6 cm³/mol. The Labute approximate surface area is 139 Å². The lowest BCUT2D eigenvalue weighted by Gasteiger charge is -1.96. The quantitative estimate of drug-likeness (QED) is 0.398. The summed E-state index contributed by atoms with van der Waals surface area (Å²) in [5, 5.41) is 29.7. The van der Waals surface area contributed by atoms with Crippen LogP contribution in [-0.4, -0.2) is 14.6 Å². The van der Waals surface area contributed by atoms with Gasteiger partial charge in [-0.15, -0.1) is 5.11 Å². The van der Waals surface area contributed by atoms with Crippen molar-refractivity contribution in [1.29, 1.82) is 0 Å². The van der Waals surface area contributed by atoms with E-state index in [2.05, 4.69) is 26.2 Å². The molecule has 0 fully saturated rings. The van der Waals surface area contributed by atoms with Gasteiger partial charge in [0.05, 0.1) is 16.1 Å². The van der Waals surface area contributed by atoms with Crippen LogP contribution < -0.4 is 0 Å². The van der Waals surface area contributed by atoms with Crippen molar-refractivity contribution < 1.29 is 10.0 Å². The number of nitro groups is 1. The second-order valence-corrected chi connectivity index (χ2v) is 5.78. The van der Waals surface area contributed by atoms with E-state index in [1.54, 1.807) is 11.6 Å². The van der Waals surface area contributed by atoms with Crippen LogP contribution in [-0.2, 0) is 7.05 Å². The summed E-state index contributed by atoms with van der Waals surface area (Å²) < 4.78 is 2.48. The van der Waals surface area contributed by atoms with Crippen molar-refractivity contribution in [2.75, 3.05) is 0 Å². The maximum atomic E-state index is 10.6. The summed E-state index contributed by atoms with van der Waals surface area (Å²) in [5.74, 6) is 0.00348. The molecular weight excluding hydrogens is 364 g/mol. The minimum atomic E-state index is -0.477. The lowest BCUT2D eigenvalue weighted by molar-refractivity contribution is -0.384. The number of aromatic nitrogens is 1. The Balaban J connectivity index is 2.02. The Kier molecular flexibility index (Phi) is 3.83. The van der Waals surface area contributed by atoms with Gasteiger partial charge < -0.3 is 9.67 Å². The first-order chi connectivity index (χ1) is 11.0. The summed E-state index contributed by atoms with van der Waals surface area (Å²) in [6, 6.07) is 11.3. The minimum Gasteiger partial charge on any atom is -0.493 e. The van der Waals surface area contributed by atoms with Gasteiger partial charge in [0.25, 0.3) is 5.69 Å². The van der Waals surface area contributed by atoms with Crippen molar-refractivity contribution in [2.45, 2.75) is 0 Å². The fourth-order valence-electron chi connectivity index (χ4n) is 2.23. The van der Waals surface area contributed by atoms with E-state index in [4.69, 9.17) is 0 Å². The maximum absolute atomic E-state index is 10.6. The molecule has 0 bridgehead atoms. The van der Waals surface area contributed by atoms with Crippen LogP contribution in [0.15, 0.2) is 57.2 Å². The first kappa shape index (κ1) is 15.2. The van der Waals surface area contributed by atoms with Crippen molar-refractivity contribution in [3.05, 3.63) is 57.1 Å². The van der Waals surface area contributed by atoms with Crippen LogP contribution in [0.25, 0.3) is 10.9 Å². The lowest BCUT2D eigenvalue weighted by atomic mass is 10.2. The fourth-order valence-corrected chi connectivity index (χ4v) is 2.59. The highest BCUT2D eigenvalue weighted by atomic mass is 79.9. The molecule has 0 amide bonds. The summed E-state index contributed by atoms with van der Waals surface area (Å²) in [6.07, 6.45) is 0. The molecule has 0 unspecified atom stereocenters. The summed E-state index contributed by atoms with van der Waals surface area (Å²) in [4.78, 5) is 10.2. The smallest absolute Gasteiger partial charge is 0.269 e. The van der Waals surface area contributed by atoms with E-state index in [1.165, 1.54) is 24.3 Å². The number of hydrogen-bond donors (Lipinski definition) is 1. The van der Waals surface area contributed by atoms with Crippen LogP contribution in [0.1, 0.15) is 0 Å². The van der Waals surface area contributed by atoms with Crippen LogP contribution in [0, 0.1) is 10.1 Å². The number of aryl methyl sites for hydroxylation is 1. The van der Waals surface area contributed by atoms with Gasteiger partial charge in [0.1, 0.15) is 0 Å². The average molecular weight is 375 g/mol. The van der Waals surface area contributed by atoms with E-state index in [0.29, 0.717) is 11.4 Å². The number of nitro benzene ring substituents is 1. The zero-order valence-electron chi connectivity index (χ0n) is 12.0. The van der Waals surface area contributed by atoms with Crippen molar-refractivity contribution in [3.8, 4) is 5.88 Å². The minimum absolute atomic E-state index is 0.00348. The highest BCUT2D eigenvalue weighted by Crippen LogP contribution is 2.39. The number of benzene rings is 2. The maximum Gasteiger partial charge on any atom is 0.269 e. The molecule has 0 radical (unpaired) electrons.